The molecule has 3 rings (SSSR count). The number of rotatable bonds is 5. The van der Waals surface area contributed by atoms with Crippen molar-refractivity contribution in [2.75, 3.05) is 40.0 Å². The Kier molecular flexibility index (Phi) is 6.46. The zero-order chi connectivity index (χ0) is 20.4. The molecule has 1 aromatic rings. The van der Waals surface area contributed by atoms with Crippen LogP contribution in [-0.2, 0) is 4.74 Å². The van der Waals surface area contributed by atoms with Crippen LogP contribution in [0.1, 0.15) is 33.3 Å². The second-order valence-corrected chi connectivity index (χ2v) is 8.35. The van der Waals surface area contributed by atoms with Crippen LogP contribution in [0.2, 0.25) is 0 Å². The van der Waals surface area contributed by atoms with Gasteiger partial charge in [0.05, 0.1) is 31.6 Å². The van der Waals surface area contributed by atoms with Crippen LogP contribution in [0.3, 0.4) is 0 Å². The lowest BCUT2D eigenvalue weighted by Gasteiger charge is -2.47. The zero-order valence-corrected chi connectivity index (χ0v) is 17.7. The highest BCUT2D eigenvalue weighted by Gasteiger charge is 2.38. The Morgan fingerprint density at radius 3 is 2.21 bits per heavy atom. The summed E-state index contributed by atoms with van der Waals surface area (Å²) in [6.07, 6.45) is 0. The fourth-order valence-corrected chi connectivity index (χ4v) is 4.73. The third-order valence-electron chi connectivity index (χ3n) is 5.76. The largest absolute Gasteiger partial charge is 0.392 e. The van der Waals surface area contributed by atoms with Crippen LogP contribution in [-0.4, -0.2) is 60.9 Å². The lowest BCUT2D eigenvalue weighted by Crippen LogP contribution is -2.47. The highest BCUT2D eigenvalue weighted by atomic mass is 19.1. The van der Waals surface area contributed by atoms with Crippen molar-refractivity contribution >= 4 is 5.57 Å². The van der Waals surface area contributed by atoms with E-state index in [-0.39, 0.29) is 18.5 Å². The number of halogens is 1. The van der Waals surface area contributed by atoms with Crippen LogP contribution < -0.4 is 0 Å². The molecule has 28 heavy (non-hydrogen) atoms. The first-order chi connectivity index (χ1) is 13.4. The number of likely N-dealkylation sites (N-methyl/N-ethyl adjacent to an activating group) is 1. The summed E-state index contributed by atoms with van der Waals surface area (Å²) in [4.78, 5) is 4.72. The molecule has 154 valence electrons. The highest BCUT2D eigenvalue weighted by molar-refractivity contribution is 5.84. The Bertz CT molecular complexity index is 746. The summed E-state index contributed by atoms with van der Waals surface area (Å²) < 4.78 is 19.2. The predicted octanol–water partition coefficient (Wildman–Crippen LogP) is 3.74. The molecule has 2 aliphatic rings. The number of benzene rings is 1. The minimum atomic E-state index is -0.246. The highest BCUT2D eigenvalue weighted by Crippen LogP contribution is 2.43. The topological polar surface area (TPSA) is 35.9 Å². The second-order valence-electron chi connectivity index (χ2n) is 8.35. The summed E-state index contributed by atoms with van der Waals surface area (Å²) in [6, 6.07) is 6.79. The molecule has 0 aliphatic carbocycles. The maximum atomic E-state index is 13.6. The number of aliphatic hydroxyl groups excluding tert-OH is 1. The third-order valence-corrected chi connectivity index (χ3v) is 5.76. The molecule has 0 aromatic heterocycles. The molecule has 1 unspecified atom stereocenters. The summed E-state index contributed by atoms with van der Waals surface area (Å²) in [5.74, 6) is 0.409. The molecule has 2 heterocycles. The molecule has 0 bridgehead atoms. The maximum Gasteiger partial charge on any atom is 0.123 e. The molecule has 0 amide bonds. The van der Waals surface area contributed by atoms with Crippen molar-refractivity contribution < 1.29 is 14.2 Å². The summed E-state index contributed by atoms with van der Waals surface area (Å²) in [6.45, 7) is 11.8. The summed E-state index contributed by atoms with van der Waals surface area (Å²) in [5, 5.41) is 10.4. The molecule has 0 radical (unpaired) electrons. The summed E-state index contributed by atoms with van der Waals surface area (Å²) in [5.41, 5.74) is 5.47. The van der Waals surface area contributed by atoms with Gasteiger partial charge in [-0.25, -0.2) is 4.39 Å². The first kappa shape index (κ1) is 20.9. The van der Waals surface area contributed by atoms with Crippen molar-refractivity contribution in [1.82, 2.24) is 9.80 Å². The molecule has 0 spiro atoms. The second kappa shape index (κ2) is 8.66. The number of allylic oxidation sites excluding steroid dienone is 2. The lowest BCUT2D eigenvalue weighted by atomic mass is 9.81. The molecule has 1 saturated heterocycles. The Balaban J connectivity index is 2.29. The van der Waals surface area contributed by atoms with Crippen LogP contribution in [0.25, 0.3) is 5.57 Å². The first-order valence-electron chi connectivity index (χ1n) is 10.3. The third kappa shape index (κ3) is 3.83. The van der Waals surface area contributed by atoms with Gasteiger partial charge in [0.2, 0.25) is 0 Å². The van der Waals surface area contributed by atoms with Crippen molar-refractivity contribution in [3.05, 3.63) is 52.6 Å². The molecule has 1 atom stereocenters. The van der Waals surface area contributed by atoms with Gasteiger partial charge in [0.25, 0.3) is 0 Å². The van der Waals surface area contributed by atoms with Crippen molar-refractivity contribution in [3.63, 3.8) is 0 Å². The molecule has 2 aliphatic heterocycles. The monoisotopic (exact) mass is 388 g/mol. The Hall–Kier alpha value is -1.85. The van der Waals surface area contributed by atoms with E-state index in [1.807, 2.05) is 12.1 Å². The van der Waals surface area contributed by atoms with Gasteiger partial charge >= 0.3 is 0 Å². The smallest absolute Gasteiger partial charge is 0.123 e. The van der Waals surface area contributed by atoms with Gasteiger partial charge < -0.3 is 19.6 Å². The van der Waals surface area contributed by atoms with Crippen molar-refractivity contribution in [2.45, 2.75) is 33.7 Å². The Labute approximate surface area is 168 Å². The van der Waals surface area contributed by atoms with Crippen molar-refractivity contribution in [2.24, 2.45) is 11.8 Å². The fourth-order valence-electron chi connectivity index (χ4n) is 4.73. The summed E-state index contributed by atoms with van der Waals surface area (Å²) in [7, 11) is 2.14. The van der Waals surface area contributed by atoms with E-state index in [0.29, 0.717) is 25.0 Å². The molecule has 0 saturated carbocycles. The van der Waals surface area contributed by atoms with E-state index in [1.54, 1.807) is 0 Å². The van der Waals surface area contributed by atoms with Gasteiger partial charge in [0.1, 0.15) is 5.82 Å². The van der Waals surface area contributed by atoms with Gasteiger partial charge in [-0.1, -0.05) is 39.8 Å². The van der Waals surface area contributed by atoms with E-state index in [1.165, 1.54) is 17.8 Å². The minimum absolute atomic E-state index is 0.0148. The number of hydrogen-bond donors (Lipinski definition) is 1. The Morgan fingerprint density at radius 1 is 1.11 bits per heavy atom. The van der Waals surface area contributed by atoms with Gasteiger partial charge in [-0.05, 0) is 35.1 Å². The van der Waals surface area contributed by atoms with E-state index < -0.39 is 0 Å². The molecular weight excluding hydrogens is 355 g/mol. The van der Waals surface area contributed by atoms with Crippen LogP contribution >= 0.6 is 0 Å². The molecular formula is C23H33FN2O2. The molecule has 4 nitrogen and oxygen atoms in total. The van der Waals surface area contributed by atoms with Gasteiger partial charge in [0.15, 0.2) is 0 Å². The van der Waals surface area contributed by atoms with E-state index >= 15 is 0 Å². The first-order valence-corrected chi connectivity index (χ1v) is 10.3. The van der Waals surface area contributed by atoms with E-state index in [4.69, 9.17) is 4.74 Å². The number of nitrogens with zero attached hydrogens (tertiary/aromatic N) is 2. The van der Waals surface area contributed by atoms with Gasteiger partial charge in [-0.15, -0.1) is 0 Å². The fraction of sp³-hybridized carbons (Fsp3) is 0.565. The lowest BCUT2D eigenvalue weighted by molar-refractivity contribution is 0.0527. The standard InChI is InChI=1S/C23H33FN2O2/c1-15(2)21-19(14-27)20(17-6-8-18(24)9-7-17)23(22(16(3)4)25(21)5)26-10-12-28-13-11-26/h6-9,15-16,21,27H,10-14H2,1-5H3. The molecule has 1 fully saturated rings. The predicted molar refractivity (Wildman–Crippen MR) is 111 cm³/mol. The van der Waals surface area contributed by atoms with Crippen LogP contribution in [0.4, 0.5) is 4.39 Å². The minimum Gasteiger partial charge on any atom is -0.392 e. The maximum absolute atomic E-state index is 13.6. The number of hydrogen-bond acceptors (Lipinski definition) is 4. The average Bonchev–Trinajstić information content (AvgIpc) is 2.67. The zero-order valence-electron chi connectivity index (χ0n) is 17.7. The van der Waals surface area contributed by atoms with Gasteiger partial charge in [-0.3, -0.25) is 0 Å². The van der Waals surface area contributed by atoms with E-state index in [0.717, 1.165) is 35.5 Å². The van der Waals surface area contributed by atoms with Crippen LogP contribution in [0.5, 0.6) is 0 Å². The van der Waals surface area contributed by atoms with Crippen molar-refractivity contribution in [3.8, 4) is 0 Å². The SMILES string of the molecule is CC(C)C1=C(N2CCOCC2)C(c2ccc(F)cc2)=C(CO)C(C(C)C)N1C. The molecule has 1 N–H and O–H groups in total. The Morgan fingerprint density at radius 2 is 1.71 bits per heavy atom. The van der Waals surface area contributed by atoms with Crippen LogP contribution in [0.15, 0.2) is 41.2 Å². The molecule has 1 aromatic carbocycles. The van der Waals surface area contributed by atoms with Gasteiger partial charge in [0, 0.05) is 31.4 Å². The number of aliphatic hydroxyl groups is 1. The van der Waals surface area contributed by atoms with Gasteiger partial charge in [-0.2, -0.15) is 0 Å². The quantitative estimate of drug-likeness (QED) is 0.834. The normalized spacial score (nSPS) is 21.4. The average molecular weight is 389 g/mol. The summed E-state index contributed by atoms with van der Waals surface area (Å²) >= 11 is 0. The number of morpholine rings is 1. The molecule has 5 heteroatoms. The van der Waals surface area contributed by atoms with Crippen LogP contribution in [0, 0.1) is 17.7 Å². The number of ether oxygens (including phenoxy) is 1. The van der Waals surface area contributed by atoms with E-state index in [2.05, 4.69) is 44.5 Å². The van der Waals surface area contributed by atoms with E-state index in [9.17, 15) is 9.50 Å². The van der Waals surface area contributed by atoms with Crippen molar-refractivity contribution in [1.29, 1.82) is 0 Å².